The number of nitrogens with zero attached hydrogens (tertiary/aromatic N) is 2. The van der Waals surface area contributed by atoms with Gasteiger partial charge in [0.2, 0.25) is 5.91 Å². The molecule has 1 fully saturated rings. The quantitative estimate of drug-likeness (QED) is 0.669. The van der Waals surface area contributed by atoms with Crippen molar-refractivity contribution in [2.24, 2.45) is 0 Å². The van der Waals surface area contributed by atoms with Crippen LogP contribution in [0.15, 0.2) is 53.4 Å². The molecule has 0 atom stereocenters. The summed E-state index contributed by atoms with van der Waals surface area (Å²) in [5, 5.41) is 0. The highest BCUT2D eigenvalue weighted by Crippen LogP contribution is 2.23. The summed E-state index contributed by atoms with van der Waals surface area (Å²) in [7, 11) is 0. The van der Waals surface area contributed by atoms with Gasteiger partial charge < -0.3 is 14.5 Å². The average molecular weight is 420 g/mol. The van der Waals surface area contributed by atoms with E-state index in [4.69, 9.17) is 0 Å². The molecule has 1 aliphatic rings. The zero-order valence-corrected chi connectivity index (χ0v) is 16.8. The van der Waals surface area contributed by atoms with Crippen LogP contribution in [0.3, 0.4) is 0 Å². The van der Waals surface area contributed by atoms with Crippen molar-refractivity contribution in [3.63, 3.8) is 0 Å². The molecule has 0 aliphatic carbocycles. The average Bonchev–Trinajstić information content (AvgIpc) is 2.73. The normalized spacial score (nSPS) is 14.2. The van der Waals surface area contributed by atoms with Crippen LogP contribution in [0.2, 0.25) is 0 Å². The Balaban J connectivity index is 1.53. The predicted octanol–water partition coefficient (Wildman–Crippen LogP) is 3.67. The van der Waals surface area contributed by atoms with Gasteiger partial charge in [-0.25, -0.2) is 0 Å². The number of alkyl halides is 2. The maximum Gasteiger partial charge on any atom is 0.387 e. The summed E-state index contributed by atoms with van der Waals surface area (Å²) in [6.45, 7) is 0.544. The molecule has 0 unspecified atom stereocenters. The number of amides is 2. The number of rotatable bonds is 6. The smallest absolute Gasteiger partial charge is 0.387 e. The van der Waals surface area contributed by atoms with E-state index in [2.05, 4.69) is 4.74 Å². The molecule has 1 aliphatic heterocycles. The van der Waals surface area contributed by atoms with Crippen LogP contribution in [0, 0.1) is 6.92 Å². The number of carbonyl (C=O) groups is 2. The number of aryl methyl sites for hydroxylation is 1. The highest BCUT2D eigenvalue weighted by atomic mass is 32.2. The van der Waals surface area contributed by atoms with E-state index in [1.54, 1.807) is 15.9 Å². The first-order chi connectivity index (χ1) is 13.9. The van der Waals surface area contributed by atoms with E-state index in [0.717, 1.165) is 4.90 Å². The number of benzene rings is 2. The zero-order chi connectivity index (χ0) is 20.8. The minimum absolute atomic E-state index is 0.0177. The van der Waals surface area contributed by atoms with Crippen molar-refractivity contribution in [2.75, 3.05) is 31.9 Å². The summed E-state index contributed by atoms with van der Waals surface area (Å²) in [6, 6.07) is 14.0. The molecule has 0 radical (unpaired) electrons. The third-order valence-electron chi connectivity index (χ3n) is 4.64. The standard InChI is InChI=1S/C21H22F2N2O3S/c1-15-6-8-16(9-7-15)29-14-19(26)24-10-12-25(13-11-24)20(27)17-4-2-3-5-18(17)28-21(22)23/h2-9,21H,10-14H2,1H3. The highest BCUT2D eigenvalue weighted by molar-refractivity contribution is 8.00. The summed E-state index contributed by atoms with van der Waals surface area (Å²) in [5.74, 6) is -0.158. The molecule has 0 N–H and O–H groups in total. The van der Waals surface area contributed by atoms with E-state index in [-0.39, 0.29) is 23.1 Å². The summed E-state index contributed by atoms with van der Waals surface area (Å²) >= 11 is 1.48. The van der Waals surface area contributed by atoms with E-state index in [9.17, 15) is 18.4 Å². The van der Waals surface area contributed by atoms with Crippen LogP contribution in [0.1, 0.15) is 15.9 Å². The maximum absolute atomic E-state index is 12.7. The van der Waals surface area contributed by atoms with Gasteiger partial charge in [0, 0.05) is 31.1 Å². The largest absolute Gasteiger partial charge is 0.434 e. The molecule has 2 aromatic carbocycles. The summed E-state index contributed by atoms with van der Waals surface area (Å²) in [6.07, 6.45) is 0. The molecular formula is C21H22F2N2O3S. The van der Waals surface area contributed by atoms with Crippen molar-refractivity contribution in [1.82, 2.24) is 9.80 Å². The van der Waals surface area contributed by atoms with Gasteiger partial charge in [-0.3, -0.25) is 9.59 Å². The number of ether oxygens (including phenoxy) is 1. The lowest BCUT2D eigenvalue weighted by molar-refractivity contribution is -0.129. The van der Waals surface area contributed by atoms with Crippen molar-refractivity contribution in [3.05, 3.63) is 59.7 Å². The number of hydrogen-bond acceptors (Lipinski definition) is 4. The lowest BCUT2D eigenvalue weighted by Gasteiger charge is -2.35. The Morgan fingerprint density at radius 3 is 2.28 bits per heavy atom. The van der Waals surface area contributed by atoms with E-state index in [1.807, 2.05) is 31.2 Å². The lowest BCUT2D eigenvalue weighted by atomic mass is 10.1. The molecule has 0 aromatic heterocycles. The van der Waals surface area contributed by atoms with Gasteiger partial charge in [-0.2, -0.15) is 8.78 Å². The summed E-state index contributed by atoms with van der Waals surface area (Å²) in [4.78, 5) is 29.5. The van der Waals surface area contributed by atoms with Gasteiger partial charge in [-0.1, -0.05) is 29.8 Å². The van der Waals surface area contributed by atoms with Crippen molar-refractivity contribution in [1.29, 1.82) is 0 Å². The van der Waals surface area contributed by atoms with Crippen LogP contribution in [0.25, 0.3) is 0 Å². The maximum atomic E-state index is 12.7. The molecule has 0 saturated carbocycles. The second kappa shape index (κ2) is 9.73. The van der Waals surface area contributed by atoms with E-state index >= 15 is 0 Å². The van der Waals surface area contributed by atoms with Crippen LogP contribution < -0.4 is 4.74 Å². The topological polar surface area (TPSA) is 49.9 Å². The van der Waals surface area contributed by atoms with Gasteiger partial charge in [0.15, 0.2) is 0 Å². The molecule has 29 heavy (non-hydrogen) atoms. The van der Waals surface area contributed by atoms with E-state index in [1.165, 1.54) is 35.5 Å². The number of hydrogen-bond donors (Lipinski definition) is 0. The number of para-hydroxylation sites is 1. The van der Waals surface area contributed by atoms with Gasteiger partial charge in [0.05, 0.1) is 11.3 Å². The van der Waals surface area contributed by atoms with Crippen molar-refractivity contribution in [3.8, 4) is 5.75 Å². The Morgan fingerprint density at radius 2 is 1.62 bits per heavy atom. The lowest BCUT2D eigenvalue weighted by Crippen LogP contribution is -2.51. The number of thioether (sulfide) groups is 1. The molecule has 5 nitrogen and oxygen atoms in total. The first-order valence-electron chi connectivity index (χ1n) is 9.24. The Hall–Kier alpha value is -2.61. The minimum atomic E-state index is -3.00. The monoisotopic (exact) mass is 420 g/mol. The Bertz CT molecular complexity index is 853. The minimum Gasteiger partial charge on any atom is -0.434 e. The number of carbonyl (C=O) groups excluding carboxylic acids is 2. The van der Waals surface area contributed by atoms with Crippen LogP contribution >= 0.6 is 11.8 Å². The zero-order valence-electron chi connectivity index (χ0n) is 16.0. The molecule has 2 amide bonds. The molecule has 2 aromatic rings. The fourth-order valence-electron chi connectivity index (χ4n) is 3.04. The molecule has 1 heterocycles. The second-order valence-corrected chi connectivity index (χ2v) is 7.70. The predicted molar refractivity (Wildman–Crippen MR) is 107 cm³/mol. The molecular weight excluding hydrogens is 398 g/mol. The molecule has 3 rings (SSSR count). The molecule has 1 saturated heterocycles. The van der Waals surface area contributed by atoms with Gasteiger partial charge in [-0.15, -0.1) is 11.8 Å². The van der Waals surface area contributed by atoms with Crippen LogP contribution in [0.4, 0.5) is 8.78 Å². The molecule has 0 bridgehead atoms. The fourth-order valence-corrected chi connectivity index (χ4v) is 3.84. The molecule has 0 spiro atoms. The second-order valence-electron chi connectivity index (χ2n) is 6.65. The number of halogens is 2. The number of piperazine rings is 1. The van der Waals surface area contributed by atoms with Crippen molar-refractivity contribution < 1.29 is 23.1 Å². The SMILES string of the molecule is Cc1ccc(SCC(=O)N2CCN(C(=O)c3ccccc3OC(F)F)CC2)cc1. The van der Waals surface area contributed by atoms with Crippen LogP contribution in [0.5, 0.6) is 5.75 Å². The summed E-state index contributed by atoms with van der Waals surface area (Å²) < 4.78 is 29.6. The molecule has 8 heteroatoms. The Kier molecular flexibility index (Phi) is 7.09. The van der Waals surface area contributed by atoms with Crippen molar-refractivity contribution in [2.45, 2.75) is 18.4 Å². The molecule has 154 valence electrons. The van der Waals surface area contributed by atoms with Crippen LogP contribution in [-0.4, -0.2) is 60.2 Å². The third kappa shape index (κ3) is 5.69. The van der Waals surface area contributed by atoms with E-state index in [0.29, 0.717) is 31.9 Å². The van der Waals surface area contributed by atoms with Crippen molar-refractivity contribution >= 4 is 23.6 Å². The van der Waals surface area contributed by atoms with Crippen LogP contribution in [-0.2, 0) is 4.79 Å². The Morgan fingerprint density at radius 1 is 1.00 bits per heavy atom. The Labute approximate surface area is 172 Å². The van der Waals surface area contributed by atoms with Gasteiger partial charge >= 0.3 is 6.61 Å². The first-order valence-corrected chi connectivity index (χ1v) is 10.2. The first kappa shape index (κ1) is 21.1. The third-order valence-corrected chi connectivity index (χ3v) is 5.63. The summed E-state index contributed by atoms with van der Waals surface area (Å²) in [5.41, 5.74) is 1.27. The van der Waals surface area contributed by atoms with Gasteiger partial charge in [-0.05, 0) is 31.2 Å². The van der Waals surface area contributed by atoms with Gasteiger partial charge in [0.1, 0.15) is 5.75 Å². The fraction of sp³-hybridized carbons (Fsp3) is 0.333. The van der Waals surface area contributed by atoms with Gasteiger partial charge in [0.25, 0.3) is 5.91 Å². The van der Waals surface area contributed by atoms with E-state index < -0.39 is 6.61 Å². The highest BCUT2D eigenvalue weighted by Gasteiger charge is 2.26.